The number of aryl methyl sites for hydroxylation is 3. The van der Waals surface area contributed by atoms with Crippen molar-refractivity contribution < 1.29 is 76.1 Å². The second kappa shape index (κ2) is 37.6. The first-order chi connectivity index (χ1) is 45.5. The predicted molar refractivity (Wildman–Crippen MR) is 357 cm³/mol. The third-order valence-corrected chi connectivity index (χ3v) is 17.3. The molecule has 0 bridgehead atoms. The number of fused-ring (bicyclic) bond motifs is 3. The molecule has 0 spiro atoms. The molecule has 2 aromatic carbocycles. The Kier molecular flexibility index (Phi) is 29.9. The lowest BCUT2D eigenvalue weighted by atomic mass is 9.85. The molecule has 29 heteroatoms. The number of alkyl carbamates (subject to hydrolysis) is 1. The molecule has 5 heterocycles. The molecular weight excluding hydrogens is 1290 g/mol. The third kappa shape index (κ3) is 24.0. The number of carbonyl (C=O) groups excluding carboxylic acids is 6. The summed E-state index contributed by atoms with van der Waals surface area (Å²) >= 11 is 9.44. The molecule has 0 radical (unpaired) electrons. The van der Waals surface area contributed by atoms with E-state index in [1.807, 2.05) is 66.9 Å². The summed E-state index contributed by atoms with van der Waals surface area (Å²) in [6.07, 6.45) is -1.31. The average Bonchev–Trinajstić information content (AvgIpc) is 1.60. The van der Waals surface area contributed by atoms with E-state index < -0.39 is 71.6 Å². The number of thiophene rings is 1. The van der Waals surface area contributed by atoms with E-state index in [2.05, 4.69) is 50.3 Å². The Balaban J connectivity index is 0.794. The van der Waals surface area contributed by atoms with Crippen LogP contribution in [0, 0.1) is 33.1 Å². The monoisotopic (exact) mass is 1380 g/mol. The smallest absolute Gasteiger partial charge is 0.407 e. The van der Waals surface area contributed by atoms with Crippen LogP contribution in [0.15, 0.2) is 59.0 Å². The molecule has 4 atom stereocenters. The average molecular weight is 1380 g/mol. The number of rotatable bonds is 38. The van der Waals surface area contributed by atoms with Gasteiger partial charge in [0, 0.05) is 47.1 Å². The number of hydrogen-bond acceptors (Lipinski definition) is 22. The number of nitrogens with one attached hydrogen (secondary N) is 4. The van der Waals surface area contributed by atoms with Crippen LogP contribution in [-0.2, 0) is 77.9 Å². The lowest BCUT2D eigenvalue weighted by Crippen LogP contribution is -2.58. The molecule has 1 saturated heterocycles. The van der Waals surface area contributed by atoms with Gasteiger partial charge in [0.2, 0.25) is 23.6 Å². The number of ether oxygens (including phenoxy) is 10. The van der Waals surface area contributed by atoms with Gasteiger partial charge in [-0.3, -0.25) is 28.7 Å². The van der Waals surface area contributed by atoms with Crippen molar-refractivity contribution in [1.29, 1.82) is 0 Å². The number of hydrogen-bond donors (Lipinski definition) is 4. The van der Waals surface area contributed by atoms with Gasteiger partial charge in [-0.1, -0.05) is 68.8 Å². The standard InChI is InChI=1S/C66H91ClN10O16S2/c1-42-44(3)95-63-56(42)57(47-15-17-49(67)18-16-47)72-51(60-75-74-45(4)77(60)63)36-53(78)68-19-21-84-23-26-88-31-33-90-39-54(79)73-59(65(5,6)7)62(82)76-38-50(35-52(76)61(81)70-37-46-11-13-48(14-12-46)58-43(2)71-41-94-58)92-55(80)40-91-34-32-89-30-29-87-28-27-86-25-24-85-22-20-69-64(83)93-66(8,9)10/h11-18,41,50-52,59H,19-40H2,1-10H3,(H,68,78)(H,69,83)(H,70,81)(H,73,79)/t50-,51+,52+,59-/m1/s1. The molecule has 95 heavy (non-hydrogen) atoms. The van der Waals surface area contributed by atoms with Gasteiger partial charge in [0.05, 0.1) is 127 Å². The van der Waals surface area contributed by atoms with Crippen molar-refractivity contribution in [3.8, 4) is 15.4 Å². The van der Waals surface area contributed by atoms with E-state index in [9.17, 15) is 28.8 Å². The first kappa shape index (κ1) is 75.5. The van der Waals surface area contributed by atoms with Gasteiger partial charge in [0.25, 0.3) is 0 Å². The fraction of sp³-hybridized carbons (Fsp3) is 0.576. The van der Waals surface area contributed by atoms with Crippen molar-refractivity contribution in [3.63, 3.8) is 0 Å². The van der Waals surface area contributed by atoms with Gasteiger partial charge in [-0.2, -0.15) is 0 Å². The van der Waals surface area contributed by atoms with E-state index in [-0.39, 0.29) is 97.8 Å². The van der Waals surface area contributed by atoms with Gasteiger partial charge in [0.15, 0.2) is 5.82 Å². The maximum absolute atomic E-state index is 14.6. The first-order valence-corrected chi connectivity index (χ1v) is 33.8. The number of thiazole rings is 1. The van der Waals surface area contributed by atoms with Gasteiger partial charge in [-0.25, -0.2) is 14.6 Å². The summed E-state index contributed by atoms with van der Waals surface area (Å²) in [5.74, 6) is -1.17. The van der Waals surface area contributed by atoms with Crippen LogP contribution in [0.5, 0.6) is 0 Å². The topological polar surface area (TPSA) is 302 Å². The molecule has 26 nitrogen and oxygen atoms in total. The normalized spacial score (nSPS) is 15.7. The minimum atomic E-state index is -1.10. The Hall–Kier alpha value is -6.83. The second-order valence-electron chi connectivity index (χ2n) is 24.6. The van der Waals surface area contributed by atoms with Crippen LogP contribution in [0.25, 0.3) is 15.4 Å². The Morgan fingerprint density at radius 1 is 0.674 bits per heavy atom. The highest BCUT2D eigenvalue weighted by Gasteiger charge is 2.46. The zero-order chi connectivity index (χ0) is 68.5. The quantitative estimate of drug-likeness (QED) is 0.0234. The Morgan fingerprint density at radius 3 is 1.82 bits per heavy atom. The molecule has 1 fully saturated rings. The molecule has 2 aliphatic rings. The summed E-state index contributed by atoms with van der Waals surface area (Å²) in [7, 11) is 0. The van der Waals surface area contributed by atoms with Gasteiger partial charge in [-0.05, 0) is 82.7 Å². The summed E-state index contributed by atoms with van der Waals surface area (Å²) in [4.78, 5) is 93.4. The van der Waals surface area contributed by atoms with Gasteiger partial charge in [0.1, 0.15) is 53.9 Å². The summed E-state index contributed by atoms with van der Waals surface area (Å²) in [5.41, 5.74) is 6.88. The Bertz CT molecular complexity index is 3330. The van der Waals surface area contributed by atoms with Crippen molar-refractivity contribution in [2.75, 3.05) is 125 Å². The fourth-order valence-electron chi connectivity index (χ4n) is 10.1. The minimum Gasteiger partial charge on any atom is -0.459 e. The molecule has 0 saturated carbocycles. The maximum Gasteiger partial charge on any atom is 0.407 e. The van der Waals surface area contributed by atoms with E-state index in [0.29, 0.717) is 62.9 Å². The lowest BCUT2D eigenvalue weighted by molar-refractivity contribution is -0.155. The highest BCUT2D eigenvalue weighted by molar-refractivity contribution is 7.15. The van der Waals surface area contributed by atoms with Gasteiger partial charge >= 0.3 is 12.1 Å². The molecule has 520 valence electrons. The number of likely N-dealkylation sites (tertiary alicyclic amines) is 1. The zero-order valence-electron chi connectivity index (χ0n) is 56.0. The number of halogens is 1. The number of aromatic nitrogens is 4. The van der Waals surface area contributed by atoms with Crippen LogP contribution in [0.4, 0.5) is 4.79 Å². The minimum absolute atomic E-state index is 0.00640. The van der Waals surface area contributed by atoms with Crippen LogP contribution in [-0.4, -0.2) is 215 Å². The number of amides is 5. The molecule has 5 amide bonds. The molecule has 5 aromatic rings. The SMILES string of the molecule is Cc1ncsc1-c1ccc(CNC(=O)[C@@H]2C[C@@H](OC(=O)COCCOCCOCCOCCOCCNC(=O)OC(C)(C)C)CN2C(=O)[C@@H](NC(=O)COCCOCCOCCNC(=O)C[C@@H]2N=C(c3ccc(Cl)cc3)c3c(sc(C)c3C)-n3c(C)nnc32)C(C)(C)C)cc1. The maximum atomic E-state index is 14.6. The predicted octanol–water partition coefficient (Wildman–Crippen LogP) is 6.76. The highest BCUT2D eigenvalue weighted by Crippen LogP contribution is 2.40. The van der Waals surface area contributed by atoms with Crippen LogP contribution in [0.3, 0.4) is 0 Å². The van der Waals surface area contributed by atoms with E-state index in [1.165, 1.54) is 4.90 Å². The number of nitrogens with zero attached hydrogens (tertiary/aromatic N) is 6. The van der Waals surface area contributed by atoms with Crippen molar-refractivity contribution in [2.24, 2.45) is 10.4 Å². The van der Waals surface area contributed by atoms with Gasteiger partial charge < -0.3 is 73.5 Å². The number of esters is 1. The van der Waals surface area contributed by atoms with Crippen molar-refractivity contribution in [1.82, 2.24) is 45.9 Å². The van der Waals surface area contributed by atoms with E-state index in [0.717, 1.165) is 54.0 Å². The summed E-state index contributed by atoms with van der Waals surface area (Å²) in [5, 5.41) is 21.8. The van der Waals surface area contributed by atoms with Crippen LogP contribution >= 0.6 is 34.3 Å². The molecule has 4 N–H and O–H groups in total. The molecule has 0 aliphatic carbocycles. The first-order valence-electron chi connectivity index (χ1n) is 31.8. The summed E-state index contributed by atoms with van der Waals surface area (Å²) in [6.45, 7) is 22.2. The molecule has 2 aliphatic heterocycles. The molecule has 7 rings (SSSR count). The van der Waals surface area contributed by atoms with Crippen molar-refractivity contribution in [2.45, 2.75) is 118 Å². The lowest BCUT2D eigenvalue weighted by Gasteiger charge is -2.35. The highest BCUT2D eigenvalue weighted by atomic mass is 35.5. The van der Waals surface area contributed by atoms with E-state index >= 15 is 0 Å². The molecular formula is C66H91ClN10O16S2. The van der Waals surface area contributed by atoms with E-state index in [1.54, 1.807) is 69.7 Å². The summed E-state index contributed by atoms with van der Waals surface area (Å²) < 4.78 is 57.5. The summed E-state index contributed by atoms with van der Waals surface area (Å²) in [6, 6.07) is 12.5. The zero-order valence-corrected chi connectivity index (χ0v) is 58.4. The number of benzene rings is 2. The molecule has 3 aromatic heterocycles. The largest absolute Gasteiger partial charge is 0.459 e. The van der Waals surface area contributed by atoms with Crippen LogP contribution in [0.1, 0.15) is 105 Å². The van der Waals surface area contributed by atoms with Crippen LogP contribution in [0.2, 0.25) is 5.02 Å². The third-order valence-electron chi connectivity index (χ3n) is 14.9. The Labute approximate surface area is 568 Å². The molecule has 0 unspecified atom stereocenters. The second-order valence-corrected chi connectivity index (χ2v) is 27.1. The van der Waals surface area contributed by atoms with Crippen molar-refractivity contribution >= 4 is 75.7 Å². The van der Waals surface area contributed by atoms with E-state index in [4.69, 9.17) is 64.0 Å². The number of carbonyl (C=O) groups is 6. The van der Waals surface area contributed by atoms with Crippen molar-refractivity contribution in [3.05, 3.63) is 104 Å². The number of aliphatic imine (C=N–C) groups is 1. The van der Waals surface area contributed by atoms with Gasteiger partial charge in [-0.15, -0.1) is 32.9 Å². The Morgan fingerprint density at radius 2 is 1.24 bits per heavy atom. The van der Waals surface area contributed by atoms with Crippen LogP contribution < -0.4 is 21.3 Å². The fourth-order valence-corrected chi connectivity index (χ4v) is 12.2.